The van der Waals surface area contributed by atoms with E-state index < -0.39 is 21.6 Å². The van der Waals surface area contributed by atoms with Crippen LogP contribution in [0, 0.1) is 0 Å². The number of benzene rings is 1. The summed E-state index contributed by atoms with van der Waals surface area (Å²) >= 11 is 0. The molecule has 0 bridgehead atoms. The Morgan fingerprint density at radius 2 is 1.91 bits per heavy atom. The number of carbonyl (C=O) groups is 1. The maximum absolute atomic E-state index is 11.7. The van der Waals surface area contributed by atoms with Gasteiger partial charge in [0.05, 0.1) is 5.75 Å². The second kappa shape index (κ2) is 7.79. The summed E-state index contributed by atoms with van der Waals surface area (Å²) in [5.41, 5.74) is 2.39. The molecule has 1 aromatic rings. The lowest BCUT2D eigenvalue weighted by Crippen LogP contribution is -2.29. The molecule has 0 saturated carbocycles. The molecule has 0 spiro atoms. The van der Waals surface area contributed by atoms with Gasteiger partial charge in [-0.25, -0.2) is 8.42 Å². The predicted octanol–water partition coefficient (Wildman–Crippen LogP) is 1.22. The first-order valence-corrected chi connectivity index (χ1v) is 9.63. The summed E-state index contributed by atoms with van der Waals surface area (Å²) in [6.45, 7) is 3.10. The van der Waals surface area contributed by atoms with Crippen LogP contribution < -0.4 is 4.90 Å². The van der Waals surface area contributed by atoms with Gasteiger partial charge in [-0.1, -0.05) is 18.2 Å². The Morgan fingerprint density at radius 1 is 1.26 bits per heavy atom. The molecule has 1 saturated heterocycles. The minimum Gasteiger partial charge on any atom is -0.480 e. The highest BCUT2D eigenvalue weighted by Crippen LogP contribution is 2.25. The maximum Gasteiger partial charge on any atom is 0.318 e. The van der Waals surface area contributed by atoms with Gasteiger partial charge in [0.15, 0.2) is 9.84 Å². The molecule has 1 aromatic carbocycles. The van der Waals surface area contributed by atoms with Gasteiger partial charge in [0, 0.05) is 31.9 Å². The maximum atomic E-state index is 11.7. The molecule has 1 heterocycles. The second-order valence-electron chi connectivity index (χ2n) is 6.05. The number of hydrogen-bond donors (Lipinski definition) is 1. The van der Waals surface area contributed by atoms with Crippen molar-refractivity contribution >= 4 is 21.5 Å². The molecule has 1 aliphatic heterocycles. The molecule has 2 rings (SSSR count). The zero-order valence-corrected chi connectivity index (χ0v) is 14.3. The molecule has 0 aliphatic carbocycles. The van der Waals surface area contributed by atoms with Crippen LogP contribution >= 0.6 is 0 Å². The van der Waals surface area contributed by atoms with Crippen molar-refractivity contribution in [3.63, 3.8) is 0 Å². The fraction of sp³-hybridized carbons (Fsp3) is 0.562. The van der Waals surface area contributed by atoms with E-state index in [2.05, 4.69) is 17.0 Å². The molecule has 7 heteroatoms. The molecule has 0 aromatic heterocycles. The third-order valence-corrected chi connectivity index (χ3v) is 5.50. The molecule has 0 radical (unpaired) electrons. The van der Waals surface area contributed by atoms with E-state index >= 15 is 0 Å². The van der Waals surface area contributed by atoms with Crippen LogP contribution in [0.4, 0.5) is 5.69 Å². The predicted molar refractivity (Wildman–Crippen MR) is 90.5 cm³/mol. The van der Waals surface area contributed by atoms with Crippen molar-refractivity contribution in [3.8, 4) is 0 Å². The quantitative estimate of drug-likeness (QED) is 0.767. The van der Waals surface area contributed by atoms with Gasteiger partial charge < -0.3 is 14.9 Å². The molecular weight excluding hydrogens is 316 g/mol. The van der Waals surface area contributed by atoms with E-state index in [9.17, 15) is 13.2 Å². The van der Waals surface area contributed by atoms with Crippen molar-refractivity contribution in [3.05, 3.63) is 29.8 Å². The van der Waals surface area contributed by atoms with Gasteiger partial charge in [-0.05, 0) is 31.5 Å². The first kappa shape index (κ1) is 17.7. The van der Waals surface area contributed by atoms with Gasteiger partial charge in [-0.2, -0.15) is 0 Å². The zero-order valence-electron chi connectivity index (χ0n) is 13.4. The summed E-state index contributed by atoms with van der Waals surface area (Å²) in [5.74, 6) is -2.24. The van der Waals surface area contributed by atoms with E-state index in [0.717, 1.165) is 13.1 Å². The van der Waals surface area contributed by atoms with Crippen molar-refractivity contribution in [2.24, 2.45) is 0 Å². The lowest BCUT2D eigenvalue weighted by Gasteiger charge is -2.24. The second-order valence-corrected chi connectivity index (χ2v) is 8.23. The monoisotopic (exact) mass is 340 g/mol. The summed E-state index contributed by atoms with van der Waals surface area (Å²) in [5, 5.41) is 8.61. The number of para-hydroxylation sites is 1. The summed E-state index contributed by atoms with van der Waals surface area (Å²) in [7, 11) is -1.69. The van der Waals surface area contributed by atoms with E-state index in [1.54, 1.807) is 0 Å². The smallest absolute Gasteiger partial charge is 0.318 e. The number of rotatable bonds is 8. The molecule has 0 amide bonds. The van der Waals surface area contributed by atoms with Gasteiger partial charge in [-0.15, -0.1) is 0 Å². The van der Waals surface area contributed by atoms with E-state index in [1.165, 1.54) is 24.1 Å². The van der Waals surface area contributed by atoms with Crippen LogP contribution in [0.3, 0.4) is 0 Å². The molecular formula is C16H24N2O4S. The number of carboxylic acids is 1. The van der Waals surface area contributed by atoms with E-state index in [1.807, 2.05) is 24.1 Å². The minimum absolute atomic E-state index is 0.137. The van der Waals surface area contributed by atoms with Gasteiger partial charge in [0.1, 0.15) is 5.75 Å². The molecule has 1 fully saturated rings. The fourth-order valence-corrected chi connectivity index (χ4v) is 3.95. The number of aliphatic carboxylic acids is 1. The Kier molecular flexibility index (Phi) is 6.01. The first-order valence-electron chi connectivity index (χ1n) is 7.81. The number of carboxylic acid groups (broad SMARTS) is 1. The van der Waals surface area contributed by atoms with Crippen molar-refractivity contribution in [2.75, 3.05) is 43.1 Å². The molecule has 1 N–H and O–H groups in total. The van der Waals surface area contributed by atoms with Gasteiger partial charge >= 0.3 is 5.97 Å². The van der Waals surface area contributed by atoms with Crippen LogP contribution in [-0.2, 0) is 21.2 Å². The number of hydrogen-bond acceptors (Lipinski definition) is 5. The number of anilines is 1. The normalized spacial score (nSPS) is 15.3. The molecule has 1 aliphatic rings. The number of sulfone groups is 1. The summed E-state index contributed by atoms with van der Waals surface area (Å²) < 4.78 is 23.3. The third-order valence-electron chi connectivity index (χ3n) is 4.01. The summed E-state index contributed by atoms with van der Waals surface area (Å²) in [4.78, 5) is 14.8. The van der Waals surface area contributed by atoms with E-state index in [0.29, 0.717) is 13.1 Å². The van der Waals surface area contributed by atoms with E-state index in [-0.39, 0.29) is 5.75 Å². The Labute approximate surface area is 137 Å². The molecule has 0 unspecified atom stereocenters. The zero-order chi connectivity index (χ0) is 16.9. The third kappa shape index (κ3) is 5.51. The van der Waals surface area contributed by atoms with Crippen LogP contribution in [0.2, 0.25) is 0 Å². The van der Waals surface area contributed by atoms with Crippen molar-refractivity contribution in [2.45, 2.75) is 19.4 Å². The standard InChI is InChI=1S/C16H24N2O4S/c1-17(10-11-23(21,22)13-16(19)20)12-14-6-2-3-7-15(14)18-8-4-5-9-18/h2-3,6-7H,4-5,8-13H2,1H3,(H,19,20). The Balaban J connectivity index is 1.95. The highest BCUT2D eigenvalue weighted by molar-refractivity contribution is 7.92. The van der Waals surface area contributed by atoms with Gasteiger partial charge in [-0.3, -0.25) is 4.79 Å². The first-order chi connectivity index (χ1) is 10.9. The molecule has 0 atom stereocenters. The largest absolute Gasteiger partial charge is 0.480 e. The SMILES string of the molecule is CN(CCS(=O)(=O)CC(=O)O)Cc1ccccc1N1CCCC1. The van der Waals surface area contributed by atoms with Crippen LogP contribution in [0.25, 0.3) is 0 Å². The Morgan fingerprint density at radius 3 is 2.57 bits per heavy atom. The minimum atomic E-state index is -3.55. The van der Waals surface area contributed by atoms with Crippen molar-refractivity contribution in [1.29, 1.82) is 0 Å². The van der Waals surface area contributed by atoms with Crippen molar-refractivity contribution < 1.29 is 18.3 Å². The van der Waals surface area contributed by atoms with Crippen LogP contribution in [0.15, 0.2) is 24.3 Å². The average Bonchev–Trinajstić information content (AvgIpc) is 2.98. The lowest BCUT2D eigenvalue weighted by molar-refractivity contribution is -0.134. The lowest BCUT2D eigenvalue weighted by atomic mass is 10.1. The average molecular weight is 340 g/mol. The highest BCUT2D eigenvalue weighted by atomic mass is 32.2. The van der Waals surface area contributed by atoms with E-state index in [4.69, 9.17) is 5.11 Å². The molecule has 23 heavy (non-hydrogen) atoms. The molecule has 128 valence electrons. The highest BCUT2D eigenvalue weighted by Gasteiger charge is 2.18. The van der Waals surface area contributed by atoms with Crippen LogP contribution in [-0.4, -0.2) is 62.6 Å². The topological polar surface area (TPSA) is 77.9 Å². The Hall–Kier alpha value is -1.60. The number of nitrogens with zero attached hydrogens (tertiary/aromatic N) is 2. The van der Waals surface area contributed by atoms with Gasteiger partial charge in [0.2, 0.25) is 0 Å². The molecule has 6 nitrogen and oxygen atoms in total. The Bertz CT molecular complexity index is 639. The summed E-state index contributed by atoms with van der Waals surface area (Å²) in [6.07, 6.45) is 2.41. The van der Waals surface area contributed by atoms with Crippen LogP contribution in [0.1, 0.15) is 18.4 Å². The van der Waals surface area contributed by atoms with Gasteiger partial charge in [0.25, 0.3) is 0 Å². The fourth-order valence-electron chi connectivity index (χ4n) is 2.84. The summed E-state index contributed by atoms with van der Waals surface area (Å²) in [6, 6.07) is 8.18. The van der Waals surface area contributed by atoms with Crippen molar-refractivity contribution in [1.82, 2.24) is 4.90 Å². The van der Waals surface area contributed by atoms with Crippen LogP contribution in [0.5, 0.6) is 0 Å².